The van der Waals surface area contributed by atoms with Gasteiger partial charge in [0.15, 0.2) is 5.12 Å². The number of hydrogen-bond donors (Lipinski definition) is 0. The zero-order chi connectivity index (χ0) is 13.3. The van der Waals surface area contributed by atoms with Crippen molar-refractivity contribution in [2.24, 2.45) is 0 Å². The Hall–Kier alpha value is -1.00. The second-order valence-electron chi connectivity index (χ2n) is 4.43. The van der Waals surface area contributed by atoms with Crippen molar-refractivity contribution in [2.45, 2.75) is 25.5 Å². The summed E-state index contributed by atoms with van der Waals surface area (Å²) in [5.41, 5.74) is 1.84. The van der Waals surface area contributed by atoms with E-state index in [2.05, 4.69) is 0 Å². The summed E-state index contributed by atoms with van der Waals surface area (Å²) >= 11 is 7.24. The van der Waals surface area contributed by atoms with Crippen LogP contribution >= 0.6 is 23.4 Å². The topological polar surface area (TPSA) is 37.4 Å². The second-order valence-corrected chi connectivity index (χ2v) is 6.34. The maximum atomic E-state index is 11.9. The van der Waals surface area contributed by atoms with Crippen molar-refractivity contribution in [3.63, 3.8) is 0 Å². The number of thioether (sulfide) groups is 1. The molecule has 5 heteroatoms. The first-order valence-electron chi connectivity index (χ1n) is 5.70. The van der Waals surface area contributed by atoms with Crippen molar-refractivity contribution in [3.05, 3.63) is 28.8 Å². The largest absolute Gasteiger partial charge is 0.311 e. The smallest absolute Gasteiger partial charge is 0.228 e. The number of hydrogen-bond acceptors (Lipinski definition) is 3. The SMILES string of the molecule is CC(=O)SC1CC(=O)N(c2cc(C)cc(Cl)c2)C1. The summed E-state index contributed by atoms with van der Waals surface area (Å²) in [5, 5.41) is 0.728. The molecule has 1 atom stereocenters. The van der Waals surface area contributed by atoms with E-state index in [-0.39, 0.29) is 16.3 Å². The van der Waals surface area contributed by atoms with Gasteiger partial charge in [-0.25, -0.2) is 0 Å². The molecular weight excluding hydrogens is 270 g/mol. The van der Waals surface area contributed by atoms with Crippen molar-refractivity contribution in [1.82, 2.24) is 0 Å². The third-order valence-electron chi connectivity index (χ3n) is 2.76. The van der Waals surface area contributed by atoms with Gasteiger partial charge in [0.25, 0.3) is 0 Å². The van der Waals surface area contributed by atoms with Gasteiger partial charge in [0.2, 0.25) is 5.91 Å². The monoisotopic (exact) mass is 283 g/mol. The number of carbonyl (C=O) groups excluding carboxylic acids is 2. The molecule has 0 aromatic heterocycles. The van der Waals surface area contributed by atoms with Crippen LogP contribution in [0.4, 0.5) is 5.69 Å². The number of rotatable bonds is 2. The predicted molar refractivity (Wildman–Crippen MR) is 75.2 cm³/mol. The van der Waals surface area contributed by atoms with Gasteiger partial charge < -0.3 is 4.90 Å². The van der Waals surface area contributed by atoms with Crippen LogP contribution in [0.15, 0.2) is 18.2 Å². The number of halogens is 1. The summed E-state index contributed by atoms with van der Waals surface area (Å²) in [7, 11) is 0. The lowest BCUT2D eigenvalue weighted by Gasteiger charge is -2.17. The van der Waals surface area contributed by atoms with Gasteiger partial charge in [-0.2, -0.15) is 0 Å². The Morgan fingerprint density at radius 3 is 2.78 bits per heavy atom. The van der Waals surface area contributed by atoms with E-state index in [1.807, 2.05) is 19.1 Å². The van der Waals surface area contributed by atoms with Gasteiger partial charge >= 0.3 is 0 Å². The van der Waals surface area contributed by atoms with Crippen molar-refractivity contribution >= 4 is 40.1 Å². The Morgan fingerprint density at radius 1 is 1.44 bits per heavy atom. The highest BCUT2D eigenvalue weighted by Crippen LogP contribution is 2.30. The summed E-state index contributed by atoms with van der Waals surface area (Å²) in [6.07, 6.45) is 0.413. The third-order valence-corrected chi connectivity index (χ3v) is 3.96. The molecule has 1 aliphatic rings. The highest BCUT2D eigenvalue weighted by Gasteiger charge is 2.31. The first kappa shape index (κ1) is 13.4. The van der Waals surface area contributed by atoms with E-state index >= 15 is 0 Å². The molecule has 0 spiro atoms. The van der Waals surface area contributed by atoms with Crippen LogP contribution < -0.4 is 4.90 Å². The van der Waals surface area contributed by atoms with Gasteiger partial charge in [-0.3, -0.25) is 9.59 Å². The van der Waals surface area contributed by atoms with E-state index in [1.165, 1.54) is 18.7 Å². The number of anilines is 1. The Bertz CT molecular complexity index is 484. The Balaban J connectivity index is 2.18. The molecule has 1 heterocycles. The minimum Gasteiger partial charge on any atom is -0.311 e. The second kappa shape index (κ2) is 5.33. The van der Waals surface area contributed by atoms with Gasteiger partial charge in [0.1, 0.15) is 0 Å². The summed E-state index contributed by atoms with van der Waals surface area (Å²) in [6, 6.07) is 5.57. The van der Waals surface area contributed by atoms with E-state index in [1.54, 1.807) is 11.0 Å². The van der Waals surface area contributed by atoms with Crippen molar-refractivity contribution in [2.75, 3.05) is 11.4 Å². The lowest BCUT2D eigenvalue weighted by atomic mass is 10.2. The van der Waals surface area contributed by atoms with Crippen LogP contribution in [-0.4, -0.2) is 22.8 Å². The Kier molecular flexibility index (Phi) is 3.97. The average Bonchev–Trinajstić information content (AvgIpc) is 2.56. The molecule has 0 saturated carbocycles. The lowest BCUT2D eigenvalue weighted by Crippen LogP contribution is -2.25. The van der Waals surface area contributed by atoms with Gasteiger partial charge in [-0.05, 0) is 30.7 Å². The molecule has 1 aromatic carbocycles. The number of amides is 1. The quantitative estimate of drug-likeness (QED) is 0.837. The number of benzene rings is 1. The van der Waals surface area contributed by atoms with E-state index in [0.29, 0.717) is 18.0 Å². The fourth-order valence-corrected chi connectivity index (χ4v) is 3.31. The van der Waals surface area contributed by atoms with Crippen LogP contribution in [0.5, 0.6) is 0 Å². The standard InChI is InChI=1S/C13H14ClNO2S/c1-8-3-10(14)5-11(4-8)15-7-12(6-13(15)17)18-9(2)16/h3-5,12H,6-7H2,1-2H3. The average molecular weight is 284 g/mol. The van der Waals surface area contributed by atoms with Crippen molar-refractivity contribution in [3.8, 4) is 0 Å². The van der Waals surface area contributed by atoms with Gasteiger partial charge in [-0.1, -0.05) is 23.4 Å². The highest BCUT2D eigenvalue weighted by atomic mass is 35.5. The first-order valence-corrected chi connectivity index (χ1v) is 6.96. The first-order chi connectivity index (χ1) is 8.45. The molecule has 18 heavy (non-hydrogen) atoms. The summed E-state index contributed by atoms with van der Waals surface area (Å²) in [6.45, 7) is 4.04. The molecule has 1 saturated heterocycles. The molecule has 1 amide bonds. The van der Waals surface area contributed by atoms with Crippen molar-refractivity contribution < 1.29 is 9.59 Å². The molecule has 2 rings (SSSR count). The molecule has 96 valence electrons. The zero-order valence-electron chi connectivity index (χ0n) is 10.3. The summed E-state index contributed by atoms with van der Waals surface area (Å²) in [5.74, 6) is 0.0513. The molecule has 0 radical (unpaired) electrons. The van der Waals surface area contributed by atoms with E-state index in [4.69, 9.17) is 11.6 Å². The van der Waals surface area contributed by atoms with Gasteiger partial charge in [0.05, 0.1) is 0 Å². The summed E-state index contributed by atoms with van der Waals surface area (Å²) in [4.78, 5) is 24.7. The van der Waals surface area contributed by atoms with Crippen LogP contribution in [0.2, 0.25) is 5.02 Å². The molecule has 1 unspecified atom stereocenters. The summed E-state index contributed by atoms with van der Waals surface area (Å²) < 4.78 is 0. The highest BCUT2D eigenvalue weighted by molar-refractivity contribution is 8.14. The van der Waals surface area contributed by atoms with Crippen LogP contribution in [0.3, 0.4) is 0 Å². The molecule has 0 bridgehead atoms. The molecular formula is C13H14ClNO2S. The molecule has 3 nitrogen and oxygen atoms in total. The number of aryl methyl sites for hydroxylation is 1. The third kappa shape index (κ3) is 3.06. The molecule has 1 fully saturated rings. The van der Waals surface area contributed by atoms with Gasteiger partial charge in [0, 0.05) is 35.8 Å². The predicted octanol–water partition coefficient (Wildman–Crippen LogP) is 3.03. The number of nitrogens with zero attached hydrogens (tertiary/aromatic N) is 1. The normalized spacial score (nSPS) is 19.4. The molecule has 0 N–H and O–H groups in total. The Labute approximate surface area is 115 Å². The van der Waals surface area contributed by atoms with Gasteiger partial charge in [-0.15, -0.1) is 0 Å². The lowest BCUT2D eigenvalue weighted by molar-refractivity contribution is -0.117. The van der Waals surface area contributed by atoms with E-state index in [9.17, 15) is 9.59 Å². The zero-order valence-corrected chi connectivity index (χ0v) is 11.8. The van der Waals surface area contributed by atoms with E-state index < -0.39 is 0 Å². The number of carbonyl (C=O) groups is 2. The fraction of sp³-hybridized carbons (Fsp3) is 0.385. The minimum atomic E-state index is 0.0503. The van der Waals surface area contributed by atoms with Crippen LogP contribution in [0.1, 0.15) is 18.9 Å². The molecule has 1 aromatic rings. The maximum Gasteiger partial charge on any atom is 0.228 e. The van der Waals surface area contributed by atoms with Crippen molar-refractivity contribution in [1.29, 1.82) is 0 Å². The fourth-order valence-electron chi connectivity index (χ4n) is 2.11. The minimum absolute atomic E-state index is 0.0503. The van der Waals surface area contributed by atoms with Crippen LogP contribution in [0.25, 0.3) is 0 Å². The molecule has 1 aliphatic heterocycles. The van der Waals surface area contributed by atoms with Crippen LogP contribution in [-0.2, 0) is 9.59 Å². The van der Waals surface area contributed by atoms with E-state index in [0.717, 1.165) is 11.3 Å². The maximum absolute atomic E-state index is 11.9. The molecule has 0 aliphatic carbocycles. The van der Waals surface area contributed by atoms with Crippen LogP contribution in [0, 0.1) is 6.92 Å². The Morgan fingerprint density at radius 2 is 2.17 bits per heavy atom.